The maximum Gasteiger partial charge on any atom is 0.319 e. The fourth-order valence-corrected chi connectivity index (χ4v) is 3.72. The molecule has 23 heavy (non-hydrogen) atoms. The van der Waals surface area contributed by atoms with Gasteiger partial charge in [0, 0.05) is 30.4 Å². The third-order valence-corrected chi connectivity index (χ3v) is 5.00. The molecule has 1 aromatic heterocycles. The number of benzene rings is 1. The SMILES string of the molecule is O=C(NC[C@@]1(O)CCSC1)Nc1cc(-n2cccc2)ccc1F. The molecule has 7 heteroatoms. The number of nitrogens with zero attached hydrogens (tertiary/aromatic N) is 1. The molecule has 2 aromatic rings. The molecule has 0 unspecified atom stereocenters. The van der Waals surface area contributed by atoms with Crippen molar-refractivity contribution < 1.29 is 14.3 Å². The third-order valence-electron chi connectivity index (χ3n) is 3.76. The van der Waals surface area contributed by atoms with Crippen LogP contribution in [0.4, 0.5) is 14.9 Å². The number of nitrogens with one attached hydrogen (secondary N) is 2. The van der Waals surface area contributed by atoms with Gasteiger partial charge in [-0.3, -0.25) is 0 Å². The molecule has 1 atom stereocenters. The van der Waals surface area contributed by atoms with Gasteiger partial charge in [-0.1, -0.05) is 0 Å². The van der Waals surface area contributed by atoms with E-state index in [0.717, 1.165) is 11.4 Å². The van der Waals surface area contributed by atoms with E-state index < -0.39 is 17.4 Å². The highest BCUT2D eigenvalue weighted by atomic mass is 32.2. The number of hydrogen-bond donors (Lipinski definition) is 3. The summed E-state index contributed by atoms with van der Waals surface area (Å²) >= 11 is 1.66. The predicted octanol–water partition coefficient (Wildman–Crippen LogP) is 2.61. The Bertz CT molecular complexity index is 685. The van der Waals surface area contributed by atoms with Crippen LogP contribution in [0.3, 0.4) is 0 Å². The number of thioether (sulfide) groups is 1. The molecule has 1 aliphatic heterocycles. The highest BCUT2D eigenvalue weighted by Gasteiger charge is 2.31. The van der Waals surface area contributed by atoms with Gasteiger partial charge in [-0.2, -0.15) is 11.8 Å². The lowest BCUT2D eigenvalue weighted by atomic mass is 10.0. The lowest BCUT2D eigenvalue weighted by Crippen LogP contribution is -2.44. The highest BCUT2D eigenvalue weighted by molar-refractivity contribution is 7.99. The highest BCUT2D eigenvalue weighted by Crippen LogP contribution is 2.27. The number of amides is 2. The van der Waals surface area contributed by atoms with E-state index in [2.05, 4.69) is 10.6 Å². The first-order valence-corrected chi connectivity index (χ1v) is 8.49. The first-order valence-electron chi connectivity index (χ1n) is 7.34. The van der Waals surface area contributed by atoms with Crippen LogP contribution in [0, 0.1) is 5.82 Å². The van der Waals surface area contributed by atoms with Gasteiger partial charge in [-0.15, -0.1) is 0 Å². The molecule has 2 heterocycles. The van der Waals surface area contributed by atoms with E-state index in [1.807, 2.05) is 29.1 Å². The van der Waals surface area contributed by atoms with Crippen LogP contribution in [-0.4, -0.2) is 39.4 Å². The fourth-order valence-electron chi connectivity index (χ4n) is 2.42. The smallest absolute Gasteiger partial charge is 0.319 e. The Labute approximate surface area is 137 Å². The van der Waals surface area contributed by atoms with Gasteiger partial charge < -0.3 is 20.3 Å². The maximum atomic E-state index is 13.9. The molecule has 0 aliphatic carbocycles. The van der Waals surface area contributed by atoms with Crippen LogP contribution < -0.4 is 10.6 Å². The van der Waals surface area contributed by atoms with E-state index in [1.54, 1.807) is 23.9 Å². The van der Waals surface area contributed by atoms with E-state index in [9.17, 15) is 14.3 Å². The van der Waals surface area contributed by atoms with Crippen molar-refractivity contribution in [3.05, 3.63) is 48.5 Å². The molecule has 1 aliphatic rings. The Morgan fingerprint density at radius 1 is 1.39 bits per heavy atom. The second kappa shape index (κ2) is 6.64. The molecule has 3 N–H and O–H groups in total. The fraction of sp³-hybridized carbons (Fsp3) is 0.312. The topological polar surface area (TPSA) is 66.3 Å². The molecule has 2 amide bonds. The van der Waals surface area contributed by atoms with Crippen LogP contribution in [-0.2, 0) is 0 Å². The molecule has 3 rings (SSSR count). The number of carbonyl (C=O) groups excluding carboxylic acids is 1. The minimum absolute atomic E-state index is 0.0986. The third kappa shape index (κ3) is 3.86. The predicted molar refractivity (Wildman–Crippen MR) is 89.6 cm³/mol. The monoisotopic (exact) mass is 335 g/mol. The Hall–Kier alpha value is -1.99. The molecule has 122 valence electrons. The van der Waals surface area contributed by atoms with Crippen molar-refractivity contribution in [2.24, 2.45) is 0 Å². The number of aliphatic hydroxyl groups is 1. The molecule has 0 spiro atoms. The summed E-state index contributed by atoms with van der Waals surface area (Å²) in [5, 5.41) is 15.3. The standard InChI is InChI=1S/C16H18FN3O2S/c17-13-4-3-12(20-6-1-2-7-20)9-14(13)19-15(21)18-10-16(22)5-8-23-11-16/h1-4,6-7,9,22H,5,8,10-11H2,(H2,18,19,21)/t16-/m0/s1. The average molecular weight is 335 g/mol. The van der Waals surface area contributed by atoms with Crippen LogP contribution in [0.1, 0.15) is 6.42 Å². The van der Waals surface area contributed by atoms with Crippen LogP contribution in [0.15, 0.2) is 42.7 Å². The molecule has 5 nitrogen and oxygen atoms in total. The Morgan fingerprint density at radius 3 is 2.87 bits per heavy atom. The summed E-state index contributed by atoms with van der Waals surface area (Å²) in [4.78, 5) is 11.9. The lowest BCUT2D eigenvalue weighted by Gasteiger charge is -2.21. The van der Waals surface area contributed by atoms with Gasteiger partial charge in [-0.05, 0) is 42.5 Å². The zero-order valence-electron chi connectivity index (χ0n) is 12.5. The van der Waals surface area contributed by atoms with E-state index >= 15 is 0 Å². The maximum absolute atomic E-state index is 13.9. The zero-order chi connectivity index (χ0) is 16.3. The molecule has 0 saturated carbocycles. The second-order valence-corrected chi connectivity index (χ2v) is 6.69. The molecular formula is C16H18FN3O2S. The number of rotatable bonds is 4. The van der Waals surface area contributed by atoms with Gasteiger partial charge >= 0.3 is 6.03 Å². The number of hydrogen-bond acceptors (Lipinski definition) is 3. The molecular weight excluding hydrogens is 317 g/mol. The normalized spacial score (nSPS) is 20.4. The number of anilines is 1. The van der Waals surface area contributed by atoms with E-state index in [-0.39, 0.29) is 12.2 Å². The minimum Gasteiger partial charge on any atom is -0.387 e. The molecule has 1 saturated heterocycles. The number of urea groups is 1. The number of halogens is 1. The van der Waals surface area contributed by atoms with Crippen molar-refractivity contribution in [3.8, 4) is 5.69 Å². The van der Waals surface area contributed by atoms with Gasteiger partial charge in [0.05, 0.1) is 11.3 Å². The summed E-state index contributed by atoms with van der Waals surface area (Å²) in [7, 11) is 0. The summed E-state index contributed by atoms with van der Waals surface area (Å²) in [5.41, 5.74) is -0.0212. The summed E-state index contributed by atoms with van der Waals surface area (Å²) in [6.45, 7) is 0.157. The molecule has 1 aromatic carbocycles. The van der Waals surface area contributed by atoms with Crippen molar-refractivity contribution in [1.82, 2.24) is 9.88 Å². The summed E-state index contributed by atoms with van der Waals surface area (Å²) in [6, 6.07) is 7.71. The molecule has 0 bridgehead atoms. The zero-order valence-corrected chi connectivity index (χ0v) is 13.3. The van der Waals surface area contributed by atoms with Gasteiger partial charge in [0.15, 0.2) is 0 Å². The summed E-state index contributed by atoms with van der Waals surface area (Å²) in [6.07, 6.45) is 4.32. The van der Waals surface area contributed by atoms with Crippen molar-refractivity contribution in [2.45, 2.75) is 12.0 Å². The van der Waals surface area contributed by atoms with Gasteiger partial charge in [-0.25, -0.2) is 9.18 Å². The average Bonchev–Trinajstić information content (AvgIpc) is 3.20. The van der Waals surface area contributed by atoms with Crippen molar-refractivity contribution in [2.75, 3.05) is 23.4 Å². The first kappa shape index (κ1) is 15.9. The van der Waals surface area contributed by atoms with Gasteiger partial charge in [0.2, 0.25) is 0 Å². The van der Waals surface area contributed by atoms with Gasteiger partial charge in [0.1, 0.15) is 5.82 Å². The Balaban J connectivity index is 1.65. The Kier molecular flexibility index (Phi) is 4.58. The van der Waals surface area contributed by atoms with Crippen LogP contribution in [0.25, 0.3) is 5.69 Å². The molecule has 0 radical (unpaired) electrons. The van der Waals surface area contributed by atoms with E-state index in [1.165, 1.54) is 6.07 Å². The Morgan fingerprint density at radius 2 is 2.17 bits per heavy atom. The largest absolute Gasteiger partial charge is 0.387 e. The van der Waals surface area contributed by atoms with E-state index in [0.29, 0.717) is 12.2 Å². The van der Waals surface area contributed by atoms with Crippen molar-refractivity contribution >= 4 is 23.5 Å². The summed E-state index contributed by atoms with van der Waals surface area (Å²) in [5.74, 6) is 0.976. The minimum atomic E-state index is -0.868. The second-order valence-electron chi connectivity index (χ2n) is 5.59. The van der Waals surface area contributed by atoms with E-state index in [4.69, 9.17) is 0 Å². The van der Waals surface area contributed by atoms with Crippen molar-refractivity contribution in [1.29, 1.82) is 0 Å². The molecule has 1 fully saturated rings. The first-order chi connectivity index (χ1) is 11.1. The lowest BCUT2D eigenvalue weighted by molar-refractivity contribution is 0.0706. The van der Waals surface area contributed by atoms with Crippen molar-refractivity contribution in [3.63, 3.8) is 0 Å². The van der Waals surface area contributed by atoms with Crippen LogP contribution >= 0.6 is 11.8 Å². The number of carbonyl (C=O) groups is 1. The summed E-state index contributed by atoms with van der Waals surface area (Å²) < 4.78 is 15.7. The van der Waals surface area contributed by atoms with Crippen LogP contribution in [0.2, 0.25) is 0 Å². The van der Waals surface area contributed by atoms with Gasteiger partial charge in [0.25, 0.3) is 0 Å². The van der Waals surface area contributed by atoms with Crippen LogP contribution in [0.5, 0.6) is 0 Å². The number of aromatic nitrogens is 1. The quantitative estimate of drug-likeness (QED) is 0.805.